The molecule has 1 aromatic heterocycles. The number of hydrogen-bond donors (Lipinski definition) is 3. The van der Waals surface area contributed by atoms with Crippen molar-refractivity contribution < 1.29 is 9.59 Å². The molecule has 0 fully saturated rings. The van der Waals surface area contributed by atoms with Gasteiger partial charge in [0.25, 0.3) is 5.91 Å². The molecule has 0 radical (unpaired) electrons. The van der Waals surface area contributed by atoms with E-state index in [9.17, 15) is 14.4 Å². The molecule has 108 valence electrons. The summed E-state index contributed by atoms with van der Waals surface area (Å²) in [4.78, 5) is 37.4. The number of amides is 2. The SMILES string of the molecule is CNC(=O)Cc1ccc(NC(=O)c2c[nH]ccc2=O)cc1. The molecule has 3 N–H and O–H groups in total. The first-order valence-electron chi connectivity index (χ1n) is 6.38. The highest BCUT2D eigenvalue weighted by molar-refractivity contribution is 6.03. The summed E-state index contributed by atoms with van der Waals surface area (Å²) < 4.78 is 0. The van der Waals surface area contributed by atoms with Gasteiger partial charge in [0.05, 0.1) is 6.42 Å². The van der Waals surface area contributed by atoms with Crippen molar-refractivity contribution in [3.8, 4) is 0 Å². The van der Waals surface area contributed by atoms with E-state index >= 15 is 0 Å². The number of aromatic amines is 1. The van der Waals surface area contributed by atoms with Crippen LogP contribution in [0.1, 0.15) is 15.9 Å². The quantitative estimate of drug-likeness (QED) is 0.780. The molecule has 6 heteroatoms. The van der Waals surface area contributed by atoms with E-state index in [1.807, 2.05) is 0 Å². The molecule has 2 amide bonds. The molecule has 0 aliphatic heterocycles. The topological polar surface area (TPSA) is 91.1 Å². The van der Waals surface area contributed by atoms with Gasteiger partial charge in [-0.3, -0.25) is 14.4 Å². The second kappa shape index (κ2) is 6.51. The molecular weight excluding hydrogens is 270 g/mol. The minimum Gasteiger partial charge on any atom is -0.367 e. The van der Waals surface area contributed by atoms with E-state index in [0.717, 1.165) is 5.56 Å². The van der Waals surface area contributed by atoms with Crippen LogP contribution in [0.4, 0.5) is 5.69 Å². The van der Waals surface area contributed by atoms with Gasteiger partial charge in [0.15, 0.2) is 5.43 Å². The Hall–Kier alpha value is -2.89. The largest absolute Gasteiger partial charge is 0.367 e. The number of carbonyl (C=O) groups excluding carboxylic acids is 2. The number of carbonyl (C=O) groups is 2. The molecule has 0 aliphatic carbocycles. The second-order valence-corrected chi connectivity index (χ2v) is 4.42. The number of anilines is 1. The maximum atomic E-state index is 11.9. The summed E-state index contributed by atoms with van der Waals surface area (Å²) in [6, 6.07) is 8.17. The van der Waals surface area contributed by atoms with Crippen molar-refractivity contribution in [1.82, 2.24) is 10.3 Å². The Balaban J connectivity index is 2.07. The van der Waals surface area contributed by atoms with E-state index in [4.69, 9.17) is 0 Å². The number of H-pyrrole nitrogens is 1. The van der Waals surface area contributed by atoms with E-state index in [-0.39, 0.29) is 23.3 Å². The van der Waals surface area contributed by atoms with Crippen LogP contribution in [0, 0.1) is 0 Å². The van der Waals surface area contributed by atoms with Crippen LogP contribution in [0.25, 0.3) is 0 Å². The van der Waals surface area contributed by atoms with Gasteiger partial charge in [-0.05, 0) is 17.7 Å². The van der Waals surface area contributed by atoms with E-state index in [2.05, 4.69) is 15.6 Å². The normalized spacial score (nSPS) is 9.95. The lowest BCUT2D eigenvalue weighted by Crippen LogP contribution is -2.21. The van der Waals surface area contributed by atoms with E-state index in [1.54, 1.807) is 31.3 Å². The van der Waals surface area contributed by atoms with Crippen LogP contribution in [-0.4, -0.2) is 23.8 Å². The van der Waals surface area contributed by atoms with Gasteiger partial charge < -0.3 is 15.6 Å². The Morgan fingerprint density at radius 3 is 2.48 bits per heavy atom. The fraction of sp³-hybridized carbons (Fsp3) is 0.133. The zero-order valence-electron chi connectivity index (χ0n) is 11.5. The van der Waals surface area contributed by atoms with Gasteiger partial charge in [-0.15, -0.1) is 0 Å². The summed E-state index contributed by atoms with van der Waals surface area (Å²) in [5.41, 5.74) is 1.10. The van der Waals surface area contributed by atoms with E-state index < -0.39 is 5.91 Å². The minimum atomic E-state index is -0.476. The van der Waals surface area contributed by atoms with Crippen molar-refractivity contribution in [2.24, 2.45) is 0 Å². The maximum absolute atomic E-state index is 11.9. The minimum absolute atomic E-state index is 0.0481. The van der Waals surface area contributed by atoms with Crippen molar-refractivity contribution in [2.45, 2.75) is 6.42 Å². The zero-order chi connectivity index (χ0) is 15.2. The molecule has 21 heavy (non-hydrogen) atoms. The van der Waals surface area contributed by atoms with Gasteiger partial charge in [-0.1, -0.05) is 12.1 Å². The van der Waals surface area contributed by atoms with Gasteiger partial charge in [-0.2, -0.15) is 0 Å². The Morgan fingerprint density at radius 1 is 1.14 bits per heavy atom. The number of benzene rings is 1. The first-order chi connectivity index (χ1) is 10.1. The fourth-order valence-electron chi connectivity index (χ4n) is 1.77. The predicted octanol–water partition coefficient (Wildman–Crippen LogP) is 0.916. The van der Waals surface area contributed by atoms with Crippen molar-refractivity contribution in [3.05, 3.63) is 64.1 Å². The van der Waals surface area contributed by atoms with Gasteiger partial charge in [0.1, 0.15) is 5.56 Å². The molecular formula is C15H15N3O3. The third-order valence-electron chi connectivity index (χ3n) is 2.92. The first kappa shape index (κ1) is 14.5. The standard InChI is InChI=1S/C15H15N3O3/c1-16-14(20)8-10-2-4-11(5-3-10)18-15(21)12-9-17-7-6-13(12)19/h2-7,9H,8H2,1H3,(H,16,20)(H,17,19)(H,18,21). The van der Waals surface area contributed by atoms with Crippen molar-refractivity contribution >= 4 is 17.5 Å². The third kappa shape index (κ3) is 3.79. The summed E-state index contributed by atoms with van der Waals surface area (Å²) >= 11 is 0. The number of likely N-dealkylation sites (N-methyl/N-ethyl adjacent to an activating group) is 1. The lowest BCUT2D eigenvalue weighted by atomic mass is 10.1. The molecule has 0 unspecified atom stereocenters. The highest BCUT2D eigenvalue weighted by atomic mass is 16.2. The monoisotopic (exact) mass is 285 g/mol. The Bertz CT molecular complexity index is 705. The molecule has 0 saturated carbocycles. The van der Waals surface area contributed by atoms with Gasteiger partial charge in [0.2, 0.25) is 5.91 Å². The van der Waals surface area contributed by atoms with Crippen molar-refractivity contribution in [3.63, 3.8) is 0 Å². The van der Waals surface area contributed by atoms with Crippen LogP contribution < -0.4 is 16.1 Å². The maximum Gasteiger partial charge on any atom is 0.261 e. The molecule has 2 rings (SSSR count). The number of nitrogens with one attached hydrogen (secondary N) is 3. The number of rotatable bonds is 4. The summed E-state index contributed by atoms with van der Waals surface area (Å²) in [6.07, 6.45) is 3.10. The lowest BCUT2D eigenvalue weighted by Gasteiger charge is -2.06. The van der Waals surface area contributed by atoms with Crippen LogP contribution in [0.3, 0.4) is 0 Å². The lowest BCUT2D eigenvalue weighted by molar-refractivity contribution is -0.119. The highest BCUT2D eigenvalue weighted by Crippen LogP contribution is 2.11. The van der Waals surface area contributed by atoms with Crippen LogP contribution in [0.15, 0.2) is 47.5 Å². The Kier molecular flexibility index (Phi) is 4.50. The van der Waals surface area contributed by atoms with Crippen molar-refractivity contribution in [1.29, 1.82) is 0 Å². The van der Waals surface area contributed by atoms with E-state index in [0.29, 0.717) is 5.69 Å². The second-order valence-electron chi connectivity index (χ2n) is 4.42. The number of pyridine rings is 1. The van der Waals surface area contributed by atoms with Gasteiger partial charge in [-0.25, -0.2) is 0 Å². The molecule has 1 aromatic carbocycles. The summed E-state index contributed by atoms with van der Waals surface area (Å²) in [6.45, 7) is 0. The fourth-order valence-corrected chi connectivity index (χ4v) is 1.77. The molecule has 2 aromatic rings. The van der Waals surface area contributed by atoms with Crippen LogP contribution in [0.5, 0.6) is 0 Å². The summed E-state index contributed by atoms with van der Waals surface area (Å²) in [5, 5.41) is 5.18. The molecule has 6 nitrogen and oxygen atoms in total. The Morgan fingerprint density at radius 2 is 1.86 bits per heavy atom. The average Bonchev–Trinajstić information content (AvgIpc) is 2.49. The number of aromatic nitrogens is 1. The third-order valence-corrected chi connectivity index (χ3v) is 2.92. The van der Waals surface area contributed by atoms with Gasteiger partial charge >= 0.3 is 0 Å². The highest BCUT2D eigenvalue weighted by Gasteiger charge is 2.09. The summed E-state index contributed by atoms with van der Waals surface area (Å²) in [5.74, 6) is -0.557. The van der Waals surface area contributed by atoms with Crippen LogP contribution >= 0.6 is 0 Å². The zero-order valence-corrected chi connectivity index (χ0v) is 11.5. The van der Waals surface area contributed by atoms with Gasteiger partial charge in [0, 0.05) is 31.2 Å². The predicted molar refractivity (Wildman–Crippen MR) is 79.2 cm³/mol. The molecule has 0 saturated heterocycles. The van der Waals surface area contributed by atoms with Crippen LogP contribution in [-0.2, 0) is 11.2 Å². The smallest absolute Gasteiger partial charge is 0.261 e. The average molecular weight is 285 g/mol. The van der Waals surface area contributed by atoms with E-state index in [1.165, 1.54) is 18.5 Å². The Labute approximate surface area is 121 Å². The molecule has 0 aliphatic rings. The first-order valence-corrected chi connectivity index (χ1v) is 6.38. The molecule has 0 atom stereocenters. The summed E-state index contributed by atoms with van der Waals surface area (Å²) in [7, 11) is 1.58. The molecule has 0 bridgehead atoms. The van der Waals surface area contributed by atoms with Crippen LogP contribution in [0.2, 0.25) is 0 Å². The van der Waals surface area contributed by atoms with Crippen molar-refractivity contribution in [2.75, 3.05) is 12.4 Å². The molecule has 1 heterocycles. The molecule has 0 spiro atoms. The number of hydrogen-bond acceptors (Lipinski definition) is 3.